The molecule has 1 aromatic heterocycles. The van der Waals surface area contributed by atoms with Crippen molar-refractivity contribution in [2.75, 3.05) is 20.3 Å². The maximum absolute atomic E-state index is 14.1. The van der Waals surface area contributed by atoms with Crippen LogP contribution in [-0.4, -0.2) is 47.1 Å². The van der Waals surface area contributed by atoms with Crippen molar-refractivity contribution in [3.8, 4) is 5.75 Å². The van der Waals surface area contributed by atoms with Crippen LogP contribution in [-0.2, 0) is 0 Å². The Balaban J connectivity index is 2.18. The lowest BCUT2D eigenvalue weighted by atomic mass is 10.1. The number of benzene rings is 1. The van der Waals surface area contributed by atoms with Crippen molar-refractivity contribution in [1.29, 1.82) is 0 Å². The molecule has 0 spiro atoms. The first-order valence-electron chi connectivity index (χ1n) is 8.07. The molecule has 1 atom stereocenters. The molecule has 7 nitrogen and oxygen atoms in total. The number of aromatic nitrogens is 1. The van der Waals surface area contributed by atoms with Gasteiger partial charge in [0.1, 0.15) is 5.56 Å². The van der Waals surface area contributed by atoms with Crippen molar-refractivity contribution in [3.05, 3.63) is 39.7 Å². The van der Waals surface area contributed by atoms with Crippen LogP contribution in [0.5, 0.6) is 5.75 Å². The molecule has 3 rings (SSSR count). The number of aliphatic hydroxyl groups is 2. The molecular formula is C17H18F2N2O5. The first-order chi connectivity index (χ1) is 12.4. The number of rotatable bonds is 6. The number of ether oxygens (including phenoxy) is 1. The average molecular weight is 368 g/mol. The second-order valence-corrected chi connectivity index (χ2v) is 6.16. The highest BCUT2D eigenvalue weighted by atomic mass is 19.2. The summed E-state index contributed by atoms with van der Waals surface area (Å²) >= 11 is 0. The monoisotopic (exact) mass is 368 g/mol. The van der Waals surface area contributed by atoms with Gasteiger partial charge in [-0.2, -0.15) is 4.39 Å². The van der Waals surface area contributed by atoms with Crippen molar-refractivity contribution in [3.63, 3.8) is 0 Å². The number of carbonyl (C=O) groups is 1. The van der Waals surface area contributed by atoms with Crippen molar-refractivity contribution >= 4 is 16.8 Å². The zero-order valence-corrected chi connectivity index (χ0v) is 14.0. The first kappa shape index (κ1) is 18.3. The molecule has 2 aromatic rings. The van der Waals surface area contributed by atoms with Crippen LogP contribution in [0.1, 0.15) is 29.2 Å². The van der Waals surface area contributed by atoms with Crippen LogP contribution in [0.2, 0.25) is 0 Å². The third kappa shape index (κ3) is 3.15. The number of halogens is 2. The summed E-state index contributed by atoms with van der Waals surface area (Å²) < 4.78 is 34.5. The van der Waals surface area contributed by atoms with E-state index < -0.39 is 35.7 Å². The van der Waals surface area contributed by atoms with Gasteiger partial charge in [0.15, 0.2) is 11.6 Å². The van der Waals surface area contributed by atoms with E-state index in [1.165, 1.54) is 13.3 Å². The van der Waals surface area contributed by atoms with Gasteiger partial charge in [-0.1, -0.05) is 0 Å². The molecule has 1 saturated carbocycles. The fourth-order valence-electron chi connectivity index (χ4n) is 2.79. The number of nitrogens with zero attached hydrogens (tertiary/aromatic N) is 1. The molecule has 1 aliphatic carbocycles. The Morgan fingerprint density at radius 2 is 2.15 bits per heavy atom. The van der Waals surface area contributed by atoms with Gasteiger partial charge < -0.3 is 24.8 Å². The van der Waals surface area contributed by atoms with E-state index in [0.717, 1.165) is 18.9 Å². The molecule has 0 radical (unpaired) electrons. The predicted octanol–water partition coefficient (Wildman–Crippen LogP) is 0.706. The largest absolute Gasteiger partial charge is 0.491 e. The van der Waals surface area contributed by atoms with E-state index in [2.05, 4.69) is 5.32 Å². The topological polar surface area (TPSA) is 101 Å². The highest BCUT2D eigenvalue weighted by Gasteiger charge is 2.30. The summed E-state index contributed by atoms with van der Waals surface area (Å²) in [4.78, 5) is 25.0. The van der Waals surface area contributed by atoms with Crippen LogP contribution >= 0.6 is 0 Å². The van der Waals surface area contributed by atoms with Gasteiger partial charge in [-0.3, -0.25) is 9.59 Å². The summed E-state index contributed by atoms with van der Waals surface area (Å²) in [6, 6.07) is 0.708. The normalized spacial score (nSPS) is 15.1. The van der Waals surface area contributed by atoms with Gasteiger partial charge in [0, 0.05) is 18.8 Å². The SMILES string of the molecule is COc1c(F)c(F)cc2c(=O)c(C(=O)NC[C@H](O)CO)cn(C3CC3)c12. The second kappa shape index (κ2) is 7.00. The molecule has 1 amide bonds. The van der Waals surface area contributed by atoms with Gasteiger partial charge in [-0.25, -0.2) is 4.39 Å². The summed E-state index contributed by atoms with van der Waals surface area (Å²) in [7, 11) is 1.18. The van der Waals surface area contributed by atoms with Crippen LogP contribution in [0, 0.1) is 11.6 Å². The minimum Gasteiger partial charge on any atom is -0.491 e. The minimum absolute atomic E-state index is 0.0496. The fourth-order valence-corrected chi connectivity index (χ4v) is 2.79. The Labute approximate surface area is 146 Å². The summed E-state index contributed by atoms with van der Waals surface area (Å²) in [6.07, 6.45) is 1.66. The third-order valence-corrected chi connectivity index (χ3v) is 4.26. The molecule has 1 heterocycles. The van der Waals surface area contributed by atoms with Crippen LogP contribution in [0.15, 0.2) is 17.1 Å². The van der Waals surface area contributed by atoms with E-state index in [9.17, 15) is 23.5 Å². The van der Waals surface area contributed by atoms with Crippen LogP contribution in [0.25, 0.3) is 10.9 Å². The number of fused-ring (bicyclic) bond motifs is 1. The van der Waals surface area contributed by atoms with Gasteiger partial charge in [-0.15, -0.1) is 0 Å². The van der Waals surface area contributed by atoms with Crippen molar-refractivity contribution in [1.82, 2.24) is 9.88 Å². The number of pyridine rings is 1. The Morgan fingerprint density at radius 3 is 2.73 bits per heavy atom. The molecule has 140 valence electrons. The summed E-state index contributed by atoms with van der Waals surface area (Å²) in [5, 5.41) is 20.3. The highest BCUT2D eigenvalue weighted by molar-refractivity contribution is 5.98. The van der Waals surface area contributed by atoms with Crippen molar-refractivity contribution in [2.24, 2.45) is 0 Å². The lowest BCUT2D eigenvalue weighted by Crippen LogP contribution is -2.36. The van der Waals surface area contributed by atoms with E-state index in [4.69, 9.17) is 9.84 Å². The zero-order chi connectivity index (χ0) is 19.0. The van der Waals surface area contributed by atoms with E-state index in [0.29, 0.717) is 0 Å². The molecule has 9 heteroatoms. The number of aliphatic hydroxyl groups excluding tert-OH is 2. The number of hydrogen-bond acceptors (Lipinski definition) is 5. The average Bonchev–Trinajstić information content (AvgIpc) is 3.46. The maximum Gasteiger partial charge on any atom is 0.256 e. The quantitative estimate of drug-likeness (QED) is 0.697. The molecule has 0 saturated heterocycles. The van der Waals surface area contributed by atoms with Gasteiger partial charge in [-0.05, 0) is 18.9 Å². The predicted molar refractivity (Wildman–Crippen MR) is 88.4 cm³/mol. The van der Waals surface area contributed by atoms with E-state index in [-0.39, 0.29) is 34.8 Å². The molecule has 3 N–H and O–H groups in total. The third-order valence-electron chi connectivity index (χ3n) is 4.26. The highest BCUT2D eigenvalue weighted by Crippen LogP contribution is 2.40. The Kier molecular flexibility index (Phi) is 4.92. The number of carbonyl (C=O) groups excluding carboxylic acids is 1. The Bertz CT molecular complexity index is 924. The minimum atomic E-state index is -1.25. The fraction of sp³-hybridized carbons (Fsp3) is 0.412. The smallest absolute Gasteiger partial charge is 0.256 e. The molecule has 0 bridgehead atoms. The summed E-state index contributed by atoms with van der Waals surface area (Å²) in [5.41, 5.74) is -0.932. The zero-order valence-electron chi connectivity index (χ0n) is 14.0. The summed E-state index contributed by atoms with van der Waals surface area (Å²) in [5.74, 6) is -3.60. The molecule has 0 unspecified atom stereocenters. The lowest BCUT2D eigenvalue weighted by Gasteiger charge is -2.16. The maximum atomic E-state index is 14.1. The number of hydrogen-bond donors (Lipinski definition) is 3. The number of nitrogens with one attached hydrogen (secondary N) is 1. The Hall–Kier alpha value is -2.52. The van der Waals surface area contributed by atoms with Crippen LogP contribution in [0.4, 0.5) is 8.78 Å². The molecule has 1 fully saturated rings. The number of amides is 1. The molecule has 1 aromatic carbocycles. The molecule has 26 heavy (non-hydrogen) atoms. The van der Waals surface area contributed by atoms with Crippen molar-refractivity contribution < 1.29 is 28.5 Å². The van der Waals surface area contributed by atoms with Gasteiger partial charge in [0.25, 0.3) is 5.91 Å². The van der Waals surface area contributed by atoms with Gasteiger partial charge >= 0.3 is 0 Å². The molecule has 1 aliphatic rings. The summed E-state index contributed by atoms with van der Waals surface area (Å²) in [6.45, 7) is -0.802. The molecular weight excluding hydrogens is 350 g/mol. The van der Waals surface area contributed by atoms with Crippen LogP contribution < -0.4 is 15.5 Å². The lowest BCUT2D eigenvalue weighted by molar-refractivity contribution is 0.0801. The van der Waals surface area contributed by atoms with Crippen molar-refractivity contribution in [2.45, 2.75) is 25.0 Å². The Morgan fingerprint density at radius 1 is 1.46 bits per heavy atom. The standard InChI is InChI=1S/C17H18F2N2O5/c1-26-16-13(19)12(18)4-10-14(16)21(8-2-3-8)6-11(15(10)24)17(25)20-5-9(23)7-22/h4,6,8-9,22-23H,2-3,5,7H2,1H3,(H,20,25)/t9-/m0/s1. The van der Waals surface area contributed by atoms with E-state index in [1.807, 2.05) is 0 Å². The first-order valence-corrected chi connectivity index (χ1v) is 8.07. The van der Waals surface area contributed by atoms with E-state index in [1.54, 1.807) is 4.57 Å². The van der Waals surface area contributed by atoms with E-state index >= 15 is 0 Å². The van der Waals surface area contributed by atoms with Crippen LogP contribution in [0.3, 0.4) is 0 Å². The van der Waals surface area contributed by atoms with Gasteiger partial charge in [0.2, 0.25) is 11.2 Å². The second-order valence-electron chi connectivity index (χ2n) is 6.16. The molecule has 0 aliphatic heterocycles. The van der Waals surface area contributed by atoms with Gasteiger partial charge in [0.05, 0.1) is 30.7 Å². The number of methoxy groups -OCH3 is 1.